The summed E-state index contributed by atoms with van der Waals surface area (Å²) in [4.78, 5) is 14.5. The lowest BCUT2D eigenvalue weighted by atomic mass is 9.78. The Morgan fingerprint density at radius 1 is 1.26 bits per heavy atom. The van der Waals surface area contributed by atoms with Crippen LogP contribution in [0.15, 0.2) is 0 Å². The van der Waals surface area contributed by atoms with Crippen molar-refractivity contribution in [2.45, 2.75) is 75.9 Å². The van der Waals surface area contributed by atoms with Gasteiger partial charge in [-0.25, -0.2) is 0 Å². The largest absolute Gasteiger partial charge is 0.468 e. The maximum Gasteiger partial charge on any atom is 0.325 e. The van der Waals surface area contributed by atoms with Gasteiger partial charge in [-0.3, -0.25) is 9.69 Å². The monoisotopic (exact) mass is 268 g/mol. The van der Waals surface area contributed by atoms with Crippen LogP contribution in [-0.2, 0) is 9.53 Å². The molecule has 19 heavy (non-hydrogen) atoms. The Kier molecular flexibility index (Phi) is 4.85. The van der Waals surface area contributed by atoms with Gasteiger partial charge in [-0.2, -0.15) is 0 Å². The number of rotatable bonds is 4. The van der Waals surface area contributed by atoms with Crippen molar-refractivity contribution in [1.29, 1.82) is 0 Å². The molecule has 0 heterocycles. The van der Waals surface area contributed by atoms with Crippen LogP contribution >= 0.6 is 0 Å². The van der Waals surface area contributed by atoms with Gasteiger partial charge in [0, 0.05) is 12.1 Å². The van der Waals surface area contributed by atoms with E-state index in [2.05, 4.69) is 11.8 Å². The maximum atomic E-state index is 11.9. The van der Waals surface area contributed by atoms with Crippen molar-refractivity contribution in [3.05, 3.63) is 0 Å². The molecule has 0 aliphatic heterocycles. The fourth-order valence-corrected chi connectivity index (χ4v) is 4.00. The molecule has 0 aromatic carbocycles. The average molecular weight is 268 g/mol. The lowest BCUT2D eigenvalue weighted by Crippen LogP contribution is -2.57. The second-order valence-corrected chi connectivity index (χ2v) is 6.17. The highest BCUT2D eigenvalue weighted by Crippen LogP contribution is 2.34. The van der Waals surface area contributed by atoms with Gasteiger partial charge in [0.15, 0.2) is 0 Å². The predicted molar refractivity (Wildman–Crippen MR) is 75.8 cm³/mol. The highest BCUT2D eigenvalue weighted by molar-refractivity contribution is 5.80. The van der Waals surface area contributed by atoms with E-state index in [4.69, 9.17) is 10.5 Å². The molecule has 0 radical (unpaired) electrons. The van der Waals surface area contributed by atoms with Gasteiger partial charge in [-0.05, 0) is 45.1 Å². The van der Waals surface area contributed by atoms with Gasteiger partial charge in [0.2, 0.25) is 0 Å². The second-order valence-electron chi connectivity index (χ2n) is 6.17. The van der Waals surface area contributed by atoms with E-state index in [-0.39, 0.29) is 5.97 Å². The molecular weight excluding hydrogens is 240 g/mol. The van der Waals surface area contributed by atoms with E-state index in [1.165, 1.54) is 39.2 Å². The summed E-state index contributed by atoms with van der Waals surface area (Å²) in [7, 11) is 1.44. The Balaban J connectivity index is 2.04. The second kappa shape index (κ2) is 6.23. The third kappa shape index (κ3) is 3.11. The molecule has 4 heteroatoms. The minimum Gasteiger partial charge on any atom is -0.468 e. The SMILES string of the molecule is CCN(C1CCCC1)C1CCCC(N)(C(=O)OC)C1. The number of ether oxygens (including phenoxy) is 1. The number of hydrogen-bond donors (Lipinski definition) is 1. The third-order valence-corrected chi connectivity index (χ3v) is 4.98. The Morgan fingerprint density at radius 3 is 2.47 bits per heavy atom. The molecule has 0 saturated heterocycles. The Labute approximate surface area is 116 Å². The van der Waals surface area contributed by atoms with Gasteiger partial charge < -0.3 is 10.5 Å². The van der Waals surface area contributed by atoms with E-state index < -0.39 is 5.54 Å². The van der Waals surface area contributed by atoms with Crippen LogP contribution in [0.5, 0.6) is 0 Å². The smallest absolute Gasteiger partial charge is 0.325 e. The van der Waals surface area contributed by atoms with Gasteiger partial charge in [0.05, 0.1) is 7.11 Å². The molecule has 110 valence electrons. The lowest BCUT2D eigenvalue weighted by Gasteiger charge is -2.43. The number of nitrogens with two attached hydrogens (primary N) is 1. The summed E-state index contributed by atoms with van der Waals surface area (Å²) >= 11 is 0. The van der Waals surface area contributed by atoms with Crippen LogP contribution in [0, 0.1) is 0 Å². The van der Waals surface area contributed by atoms with Gasteiger partial charge in [-0.15, -0.1) is 0 Å². The average Bonchev–Trinajstić information content (AvgIpc) is 2.93. The van der Waals surface area contributed by atoms with Crippen molar-refractivity contribution < 1.29 is 9.53 Å². The normalized spacial score (nSPS) is 32.7. The first-order chi connectivity index (χ1) is 9.10. The molecule has 2 unspecified atom stereocenters. The fraction of sp³-hybridized carbons (Fsp3) is 0.933. The summed E-state index contributed by atoms with van der Waals surface area (Å²) < 4.78 is 4.90. The Hall–Kier alpha value is -0.610. The van der Waals surface area contributed by atoms with Crippen molar-refractivity contribution in [2.75, 3.05) is 13.7 Å². The highest BCUT2D eigenvalue weighted by atomic mass is 16.5. The molecular formula is C15H28N2O2. The van der Waals surface area contributed by atoms with Gasteiger partial charge in [0.1, 0.15) is 5.54 Å². The van der Waals surface area contributed by atoms with Crippen LogP contribution < -0.4 is 5.73 Å². The predicted octanol–water partition coefficient (Wildman–Crippen LogP) is 2.06. The molecule has 2 rings (SSSR count). The number of methoxy groups -OCH3 is 1. The van der Waals surface area contributed by atoms with Crippen LogP contribution in [0.3, 0.4) is 0 Å². The van der Waals surface area contributed by atoms with E-state index in [9.17, 15) is 4.79 Å². The number of esters is 1. The van der Waals surface area contributed by atoms with Crippen molar-refractivity contribution in [1.82, 2.24) is 4.90 Å². The third-order valence-electron chi connectivity index (χ3n) is 4.98. The van der Waals surface area contributed by atoms with E-state index in [1.807, 2.05) is 0 Å². The molecule has 0 bridgehead atoms. The van der Waals surface area contributed by atoms with Crippen LogP contribution in [0.4, 0.5) is 0 Å². The zero-order valence-corrected chi connectivity index (χ0v) is 12.4. The first-order valence-corrected chi connectivity index (χ1v) is 7.74. The maximum absolute atomic E-state index is 11.9. The molecule has 0 aromatic heterocycles. The number of nitrogens with zero attached hydrogens (tertiary/aromatic N) is 1. The van der Waals surface area contributed by atoms with Crippen LogP contribution in [0.25, 0.3) is 0 Å². The summed E-state index contributed by atoms with van der Waals surface area (Å²) in [6.45, 7) is 3.29. The molecule has 2 aliphatic carbocycles. The number of hydrogen-bond acceptors (Lipinski definition) is 4. The zero-order valence-electron chi connectivity index (χ0n) is 12.4. The molecule has 0 spiro atoms. The molecule has 2 saturated carbocycles. The van der Waals surface area contributed by atoms with Gasteiger partial charge in [0.25, 0.3) is 0 Å². The lowest BCUT2D eigenvalue weighted by molar-refractivity contribution is -0.149. The van der Waals surface area contributed by atoms with Crippen molar-refractivity contribution in [3.63, 3.8) is 0 Å². The molecule has 2 aliphatic rings. The summed E-state index contributed by atoms with van der Waals surface area (Å²) in [5.74, 6) is -0.236. The van der Waals surface area contributed by atoms with E-state index in [0.717, 1.165) is 25.8 Å². The minimum atomic E-state index is -0.760. The summed E-state index contributed by atoms with van der Waals surface area (Å²) in [5, 5.41) is 0. The van der Waals surface area contributed by atoms with Gasteiger partial charge >= 0.3 is 5.97 Å². The number of carbonyl (C=O) groups is 1. The van der Waals surface area contributed by atoms with Crippen LogP contribution in [0.2, 0.25) is 0 Å². The Morgan fingerprint density at radius 2 is 1.89 bits per heavy atom. The highest BCUT2D eigenvalue weighted by Gasteiger charge is 2.42. The topological polar surface area (TPSA) is 55.6 Å². The molecule has 2 N–H and O–H groups in total. The summed E-state index contributed by atoms with van der Waals surface area (Å²) in [5.41, 5.74) is 5.53. The van der Waals surface area contributed by atoms with Crippen molar-refractivity contribution in [2.24, 2.45) is 5.73 Å². The van der Waals surface area contributed by atoms with E-state index in [1.54, 1.807) is 0 Å². The fourth-order valence-electron chi connectivity index (χ4n) is 4.00. The van der Waals surface area contributed by atoms with Crippen LogP contribution in [0.1, 0.15) is 58.3 Å². The van der Waals surface area contributed by atoms with Crippen LogP contribution in [-0.4, -0.2) is 42.1 Å². The number of carbonyl (C=O) groups excluding carboxylic acids is 1. The Bertz CT molecular complexity index is 315. The molecule has 0 aromatic rings. The van der Waals surface area contributed by atoms with E-state index in [0.29, 0.717) is 12.1 Å². The molecule has 0 amide bonds. The summed E-state index contributed by atoms with van der Waals surface area (Å²) in [6.07, 6.45) is 9.01. The van der Waals surface area contributed by atoms with Crippen molar-refractivity contribution in [3.8, 4) is 0 Å². The first kappa shape index (κ1) is 14.8. The first-order valence-electron chi connectivity index (χ1n) is 7.74. The van der Waals surface area contributed by atoms with E-state index >= 15 is 0 Å². The molecule has 2 atom stereocenters. The quantitative estimate of drug-likeness (QED) is 0.793. The molecule has 2 fully saturated rings. The summed E-state index contributed by atoms with van der Waals surface area (Å²) in [6, 6.07) is 1.15. The van der Waals surface area contributed by atoms with Crippen molar-refractivity contribution >= 4 is 5.97 Å². The van der Waals surface area contributed by atoms with Gasteiger partial charge in [-0.1, -0.05) is 19.8 Å². The zero-order chi connectivity index (χ0) is 13.9. The molecule has 4 nitrogen and oxygen atoms in total. The standard InChI is InChI=1S/C15H28N2O2/c1-3-17(12-7-4-5-8-12)13-9-6-10-15(16,11-13)14(18)19-2/h12-13H,3-11,16H2,1-2H3. The minimum absolute atomic E-state index is 0.236.